The van der Waals surface area contributed by atoms with Crippen molar-refractivity contribution >= 4 is 16.7 Å². The third-order valence-corrected chi connectivity index (χ3v) is 3.81. The summed E-state index contributed by atoms with van der Waals surface area (Å²) in [7, 11) is 0. The Hall–Kier alpha value is -2.35. The summed E-state index contributed by atoms with van der Waals surface area (Å²) >= 11 is 0. The maximum absolute atomic E-state index is 12.4. The van der Waals surface area contributed by atoms with Crippen molar-refractivity contribution < 1.29 is 4.79 Å². The topological polar surface area (TPSA) is 22.0 Å². The van der Waals surface area contributed by atoms with E-state index in [0.29, 0.717) is 6.54 Å². The molecular weight excluding hydrogens is 258 g/mol. The monoisotopic (exact) mass is 277 g/mol. The predicted octanol–water partition coefficient (Wildman–Crippen LogP) is 4.48. The summed E-state index contributed by atoms with van der Waals surface area (Å²) < 4.78 is 2.01. The number of hydrogen-bond acceptors (Lipinski definition) is 1. The van der Waals surface area contributed by atoms with Crippen LogP contribution in [0.1, 0.15) is 29.3 Å². The molecular formula is C19H19NO. The molecule has 2 nitrogen and oxygen atoms in total. The molecule has 0 amide bonds. The standard InChI is InChI=1S/C19H19NO/c1-2-5-15-8-10-17(11-9-15)19(21)14-20-13-12-16-6-3-4-7-18(16)20/h3-4,6-13H,2,5,14H2,1H3. The quantitative estimate of drug-likeness (QED) is 0.630. The van der Waals surface area contributed by atoms with Gasteiger partial charge < -0.3 is 4.57 Å². The molecule has 0 saturated carbocycles. The maximum Gasteiger partial charge on any atom is 0.182 e. The molecule has 1 aromatic heterocycles. The summed E-state index contributed by atoms with van der Waals surface area (Å²) in [6, 6.07) is 18.2. The van der Waals surface area contributed by atoms with Gasteiger partial charge in [-0.25, -0.2) is 0 Å². The first-order chi connectivity index (χ1) is 10.3. The van der Waals surface area contributed by atoms with Crippen molar-refractivity contribution in [2.24, 2.45) is 0 Å². The Labute approximate surface area is 125 Å². The minimum Gasteiger partial charge on any atom is -0.340 e. The summed E-state index contributed by atoms with van der Waals surface area (Å²) in [5.74, 6) is 0.152. The van der Waals surface area contributed by atoms with Crippen LogP contribution in [0.25, 0.3) is 10.9 Å². The van der Waals surface area contributed by atoms with Crippen molar-refractivity contribution in [3.05, 3.63) is 71.9 Å². The highest BCUT2D eigenvalue weighted by molar-refractivity contribution is 5.96. The van der Waals surface area contributed by atoms with E-state index < -0.39 is 0 Å². The van der Waals surface area contributed by atoms with Crippen LogP contribution >= 0.6 is 0 Å². The second kappa shape index (κ2) is 5.96. The van der Waals surface area contributed by atoms with Crippen molar-refractivity contribution in [1.82, 2.24) is 4.57 Å². The van der Waals surface area contributed by atoms with Gasteiger partial charge in [0.25, 0.3) is 0 Å². The smallest absolute Gasteiger partial charge is 0.182 e. The number of fused-ring (bicyclic) bond motifs is 1. The number of carbonyl (C=O) groups excluding carboxylic acids is 1. The fourth-order valence-corrected chi connectivity index (χ4v) is 2.67. The number of rotatable bonds is 5. The van der Waals surface area contributed by atoms with Gasteiger partial charge >= 0.3 is 0 Å². The summed E-state index contributed by atoms with van der Waals surface area (Å²) in [6.07, 6.45) is 4.17. The molecule has 2 heteroatoms. The lowest BCUT2D eigenvalue weighted by molar-refractivity contribution is 0.0973. The highest BCUT2D eigenvalue weighted by atomic mass is 16.1. The van der Waals surface area contributed by atoms with E-state index in [1.54, 1.807) is 0 Å². The zero-order valence-electron chi connectivity index (χ0n) is 12.3. The first-order valence-corrected chi connectivity index (χ1v) is 7.44. The normalized spacial score (nSPS) is 10.9. The van der Waals surface area contributed by atoms with Gasteiger partial charge in [0.15, 0.2) is 5.78 Å². The van der Waals surface area contributed by atoms with Crippen LogP contribution in [0.2, 0.25) is 0 Å². The fourth-order valence-electron chi connectivity index (χ4n) is 2.67. The molecule has 0 N–H and O–H groups in total. The van der Waals surface area contributed by atoms with Crippen LogP contribution in [-0.2, 0) is 13.0 Å². The molecule has 0 bridgehead atoms. The number of para-hydroxylation sites is 1. The Balaban J connectivity index is 1.79. The lowest BCUT2D eigenvalue weighted by Gasteiger charge is -2.06. The molecule has 1 heterocycles. The van der Waals surface area contributed by atoms with Gasteiger partial charge in [-0.05, 0) is 29.5 Å². The molecule has 0 aliphatic heterocycles. The zero-order chi connectivity index (χ0) is 14.7. The Morgan fingerprint density at radius 2 is 1.76 bits per heavy atom. The molecule has 0 radical (unpaired) electrons. The fraction of sp³-hybridized carbons (Fsp3) is 0.211. The number of aryl methyl sites for hydroxylation is 1. The molecule has 3 aromatic rings. The summed E-state index contributed by atoms with van der Waals surface area (Å²) in [4.78, 5) is 12.4. The molecule has 21 heavy (non-hydrogen) atoms. The van der Waals surface area contributed by atoms with E-state index in [1.165, 1.54) is 10.9 Å². The average molecular weight is 277 g/mol. The predicted molar refractivity (Wildman–Crippen MR) is 86.7 cm³/mol. The zero-order valence-corrected chi connectivity index (χ0v) is 12.3. The summed E-state index contributed by atoms with van der Waals surface area (Å²) in [5.41, 5.74) is 3.18. The Kier molecular flexibility index (Phi) is 3.87. The molecule has 0 aliphatic carbocycles. The SMILES string of the molecule is CCCc1ccc(C(=O)Cn2ccc3ccccc32)cc1. The van der Waals surface area contributed by atoms with Crippen molar-refractivity contribution in [3.8, 4) is 0 Å². The second-order valence-electron chi connectivity index (χ2n) is 5.37. The number of Topliss-reactive ketones (excluding diaryl/α,β-unsaturated/α-hetero) is 1. The van der Waals surface area contributed by atoms with Gasteiger partial charge in [-0.1, -0.05) is 55.8 Å². The van der Waals surface area contributed by atoms with Crippen molar-refractivity contribution in [1.29, 1.82) is 0 Å². The van der Waals surface area contributed by atoms with Crippen molar-refractivity contribution in [3.63, 3.8) is 0 Å². The molecule has 0 unspecified atom stereocenters. The molecule has 0 atom stereocenters. The molecule has 0 saturated heterocycles. The summed E-state index contributed by atoms with van der Waals surface area (Å²) in [5, 5.41) is 1.17. The van der Waals surface area contributed by atoms with E-state index in [4.69, 9.17) is 0 Å². The Morgan fingerprint density at radius 1 is 1.00 bits per heavy atom. The molecule has 0 fully saturated rings. The van der Waals surface area contributed by atoms with E-state index in [2.05, 4.69) is 25.1 Å². The van der Waals surface area contributed by atoms with Crippen molar-refractivity contribution in [2.45, 2.75) is 26.3 Å². The van der Waals surface area contributed by atoms with Gasteiger partial charge in [0, 0.05) is 17.3 Å². The first-order valence-electron chi connectivity index (χ1n) is 7.44. The van der Waals surface area contributed by atoms with Crippen LogP contribution in [0.3, 0.4) is 0 Å². The van der Waals surface area contributed by atoms with Crippen LogP contribution in [0, 0.1) is 0 Å². The minimum atomic E-state index is 0.152. The van der Waals surface area contributed by atoms with Gasteiger partial charge in [-0.2, -0.15) is 0 Å². The highest BCUT2D eigenvalue weighted by Crippen LogP contribution is 2.16. The number of benzene rings is 2. The first kappa shape index (κ1) is 13.6. The van der Waals surface area contributed by atoms with E-state index in [9.17, 15) is 4.79 Å². The van der Waals surface area contributed by atoms with Crippen LogP contribution in [0.15, 0.2) is 60.8 Å². The number of aromatic nitrogens is 1. The molecule has 2 aromatic carbocycles. The molecule has 106 valence electrons. The molecule has 0 aliphatic rings. The Morgan fingerprint density at radius 3 is 2.52 bits per heavy atom. The third kappa shape index (κ3) is 2.89. The average Bonchev–Trinajstić information content (AvgIpc) is 2.92. The summed E-state index contributed by atoms with van der Waals surface area (Å²) in [6.45, 7) is 2.55. The van der Waals surface area contributed by atoms with E-state index in [0.717, 1.165) is 23.9 Å². The number of hydrogen-bond donors (Lipinski definition) is 0. The number of ketones is 1. The van der Waals surface area contributed by atoms with E-state index in [-0.39, 0.29) is 5.78 Å². The minimum absolute atomic E-state index is 0.152. The van der Waals surface area contributed by atoms with Crippen molar-refractivity contribution in [2.75, 3.05) is 0 Å². The van der Waals surface area contributed by atoms with Crippen LogP contribution in [0.4, 0.5) is 0 Å². The largest absolute Gasteiger partial charge is 0.340 e. The second-order valence-corrected chi connectivity index (χ2v) is 5.37. The Bertz CT molecular complexity index is 753. The number of carbonyl (C=O) groups is 1. The number of nitrogens with zero attached hydrogens (tertiary/aromatic N) is 1. The van der Waals surface area contributed by atoms with E-state index in [1.807, 2.05) is 47.2 Å². The van der Waals surface area contributed by atoms with Gasteiger partial charge in [0.2, 0.25) is 0 Å². The molecule has 0 spiro atoms. The van der Waals surface area contributed by atoms with Crippen LogP contribution in [-0.4, -0.2) is 10.4 Å². The van der Waals surface area contributed by atoms with E-state index >= 15 is 0 Å². The van der Waals surface area contributed by atoms with Crippen LogP contribution < -0.4 is 0 Å². The van der Waals surface area contributed by atoms with Gasteiger partial charge in [0.05, 0.1) is 6.54 Å². The van der Waals surface area contributed by atoms with Gasteiger partial charge in [-0.3, -0.25) is 4.79 Å². The highest BCUT2D eigenvalue weighted by Gasteiger charge is 2.08. The third-order valence-electron chi connectivity index (χ3n) is 3.81. The lowest BCUT2D eigenvalue weighted by atomic mass is 10.1. The lowest BCUT2D eigenvalue weighted by Crippen LogP contribution is -2.09. The maximum atomic E-state index is 12.4. The van der Waals surface area contributed by atoms with Gasteiger partial charge in [-0.15, -0.1) is 0 Å². The van der Waals surface area contributed by atoms with Crippen LogP contribution in [0.5, 0.6) is 0 Å². The molecule has 3 rings (SSSR count). The van der Waals surface area contributed by atoms with Gasteiger partial charge in [0.1, 0.15) is 0 Å².